The van der Waals surface area contributed by atoms with Crippen molar-refractivity contribution in [3.8, 4) is 5.75 Å². The molecular weight excluding hydrogens is 218 g/mol. The van der Waals surface area contributed by atoms with Gasteiger partial charge in [0.05, 0.1) is 12.5 Å². The summed E-state index contributed by atoms with van der Waals surface area (Å²) in [6, 6.07) is 1.73. The Morgan fingerprint density at radius 2 is 2.00 bits per heavy atom. The molecule has 88 valence electrons. The molecule has 0 saturated heterocycles. The highest BCUT2D eigenvalue weighted by Gasteiger charge is 2.21. The Morgan fingerprint density at radius 3 is 2.50 bits per heavy atom. The normalized spacial score (nSPS) is 12.2. The lowest BCUT2D eigenvalue weighted by Gasteiger charge is -2.13. The van der Waals surface area contributed by atoms with Gasteiger partial charge in [-0.2, -0.15) is 0 Å². The van der Waals surface area contributed by atoms with Crippen LogP contribution in [-0.4, -0.2) is 17.7 Å². The van der Waals surface area contributed by atoms with Gasteiger partial charge in [0.25, 0.3) is 0 Å². The number of carboxylic acid groups (broad SMARTS) is 1. The Kier molecular flexibility index (Phi) is 3.82. The van der Waals surface area contributed by atoms with Gasteiger partial charge in [-0.3, -0.25) is 4.79 Å². The third kappa shape index (κ3) is 2.48. The zero-order valence-electron chi connectivity index (χ0n) is 8.96. The van der Waals surface area contributed by atoms with Crippen molar-refractivity contribution in [1.29, 1.82) is 0 Å². The van der Waals surface area contributed by atoms with E-state index in [4.69, 9.17) is 9.84 Å². The third-order valence-electron chi connectivity index (χ3n) is 2.19. The van der Waals surface area contributed by atoms with Crippen molar-refractivity contribution < 1.29 is 23.4 Å². The number of hydrogen-bond acceptors (Lipinski definition) is 2. The maximum absolute atomic E-state index is 13.0. The molecule has 0 saturated carbocycles. The molecular formula is C11H12F2O3. The van der Waals surface area contributed by atoms with Crippen molar-refractivity contribution in [1.82, 2.24) is 0 Å². The Bertz CT molecular complexity index is 404. The van der Waals surface area contributed by atoms with Gasteiger partial charge in [-0.05, 0) is 19.9 Å². The second-order valence-corrected chi connectivity index (χ2v) is 3.30. The minimum atomic E-state index is -1.12. The van der Waals surface area contributed by atoms with Gasteiger partial charge >= 0.3 is 5.97 Å². The molecule has 1 aromatic carbocycles. The van der Waals surface area contributed by atoms with Crippen LogP contribution in [0.1, 0.15) is 25.3 Å². The fourth-order valence-electron chi connectivity index (χ4n) is 1.30. The van der Waals surface area contributed by atoms with Crippen LogP contribution in [0.15, 0.2) is 12.1 Å². The van der Waals surface area contributed by atoms with E-state index in [1.165, 1.54) is 6.92 Å². The molecule has 0 aromatic heterocycles. The number of benzene rings is 1. The molecule has 0 aliphatic rings. The zero-order valence-corrected chi connectivity index (χ0v) is 8.96. The van der Waals surface area contributed by atoms with Gasteiger partial charge in [0.1, 0.15) is 5.75 Å². The summed E-state index contributed by atoms with van der Waals surface area (Å²) in [6.45, 7) is 3.32. The Balaban J connectivity index is 3.23. The minimum absolute atomic E-state index is 0.0660. The number of carboxylic acids is 1. The smallest absolute Gasteiger partial charge is 0.310 e. The topological polar surface area (TPSA) is 46.5 Å². The predicted octanol–water partition coefficient (Wildman–Crippen LogP) is 2.55. The van der Waals surface area contributed by atoms with Crippen LogP contribution in [0.2, 0.25) is 0 Å². The van der Waals surface area contributed by atoms with E-state index in [0.29, 0.717) is 0 Å². The summed E-state index contributed by atoms with van der Waals surface area (Å²) in [6.07, 6.45) is 0. The summed E-state index contributed by atoms with van der Waals surface area (Å²) in [5, 5.41) is 8.82. The number of rotatable bonds is 4. The van der Waals surface area contributed by atoms with Crippen LogP contribution in [-0.2, 0) is 4.79 Å². The molecule has 0 bridgehead atoms. The summed E-state index contributed by atoms with van der Waals surface area (Å²) in [4.78, 5) is 10.8. The van der Waals surface area contributed by atoms with E-state index in [-0.39, 0.29) is 17.9 Å². The van der Waals surface area contributed by atoms with Crippen LogP contribution in [0.25, 0.3) is 0 Å². The lowest BCUT2D eigenvalue weighted by atomic mass is 10.00. The van der Waals surface area contributed by atoms with E-state index in [0.717, 1.165) is 12.1 Å². The molecule has 0 aliphatic heterocycles. The second-order valence-electron chi connectivity index (χ2n) is 3.30. The standard InChI is InChI=1S/C11H12F2O3/c1-3-16-10-5-9(13)8(12)4-7(10)6(2)11(14)15/h4-6H,3H2,1-2H3,(H,14,15). The average Bonchev–Trinajstić information content (AvgIpc) is 2.22. The lowest BCUT2D eigenvalue weighted by molar-refractivity contribution is -0.138. The summed E-state index contributed by atoms with van der Waals surface area (Å²) >= 11 is 0. The third-order valence-corrected chi connectivity index (χ3v) is 2.19. The molecule has 1 N–H and O–H groups in total. The predicted molar refractivity (Wildman–Crippen MR) is 53.6 cm³/mol. The molecule has 1 rings (SSSR count). The van der Waals surface area contributed by atoms with E-state index < -0.39 is 23.5 Å². The molecule has 0 heterocycles. The van der Waals surface area contributed by atoms with Gasteiger partial charge in [0.15, 0.2) is 11.6 Å². The van der Waals surface area contributed by atoms with Gasteiger partial charge in [-0.15, -0.1) is 0 Å². The SMILES string of the molecule is CCOc1cc(F)c(F)cc1C(C)C(=O)O. The fraction of sp³-hybridized carbons (Fsp3) is 0.364. The molecule has 5 heteroatoms. The maximum atomic E-state index is 13.0. The van der Waals surface area contributed by atoms with Gasteiger partial charge in [-0.25, -0.2) is 8.78 Å². The quantitative estimate of drug-likeness (QED) is 0.864. The fourth-order valence-corrected chi connectivity index (χ4v) is 1.30. The van der Waals surface area contributed by atoms with Crippen molar-refractivity contribution in [3.63, 3.8) is 0 Å². The molecule has 1 atom stereocenters. The number of aliphatic carboxylic acids is 1. The number of halogens is 2. The largest absolute Gasteiger partial charge is 0.493 e. The Morgan fingerprint density at radius 1 is 1.44 bits per heavy atom. The first kappa shape index (κ1) is 12.4. The molecule has 0 radical (unpaired) electrons. The molecule has 0 aliphatic carbocycles. The van der Waals surface area contributed by atoms with E-state index in [1.807, 2.05) is 0 Å². The van der Waals surface area contributed by atoms with Crippen LogP contribution < -0.4 is 4.74 Å². The van der Waals surface area contributed by atoms with E-state index in [9.17, 15) is 13.6 Å². The van der Waals surface area contributed by atoms with Gasteiger partial charge in [-0.1, -0.05) is 0 Å². The van der Waals surface area contributed by atoms with Crippen molar-refractivity contribution in [2.45, 2.75) is 19.8 Å². The van der Waals surface area contributed by atoms with E-state index >= 15 is 0 Å². The summed E-state index contributed by atoms with van der Waals surface area (Å²) in [5.41, 5.74) is 0.133. The highest BCUT2D eigenvalue weighted by Crippen LogP contribution is 2.29. The highest BCUT2D eigenvalue weighted by molar-refractivity contribution is 5.76. The first-order valence-electron chi connectivity index (χ1n) is 4.82. The number of hydrogen-bond donors (Lipinski definition) is 1. The molecule has 0 amide bonds. The van der Waals surface area contributed by atoms with Crippen LogP contribution in [0.5, 0.6) is 5.75 Å². The Hall–Kier alpha value is -1.65. The second kappa shape index (κ2) is 4.92. The molecule has 3 nitrogen and oxygen atoms in total. The van der Waals surface area contributed by atoms with Crippen molar-refractivity contribution in [2.24, 2.45) is 0 Å². The highest BCUT2D eigenvalue weighted by atomic mass is 19.2. The molecule has 16 heavy (non-hydrogen) atoms. The van der Waals surface area contributed by atoms with Crippen LogP contribution in [0.4, 0.5) is 8.78 Å². The van der Waals surface area contributed by atoms with Gasteiger partial charge < -0.3 is 9.84 Å². The van der Waals surface area contributed by atoms with Gasteiger partial charge in [0, 0.05) is 11.6 Å². The molecule has 1 aromatic rings. The van der Waals surface area contributed by atoms with Crippen molar-refractivity contribution in [2.75, 3.05) is 6.61 Å². The number of ether oxygens (including phenoxy) is 1. The number of carbonyl (C=O) groups is 1. The van der Waals surface area contributed by atoms with E-state index in [1.54, 1.807) is 6.92 Å². The average molecular weight is 230 g/mol. The first-order chi connectivity index (χ1) is 7.47. The van der Waals surface area contributed by atoms with Crippen LogP contribution >= 0.6 is 0 Å². The maximum Gasteiger partial charge on any atom is 0.310 e. The van der Waals surface area contributed by atoms with Gasteiger partial charge in [0.2, 0.25) is 0 Å². The van der Waals surface area contributed by atoms with Crippen molar-refractivity contribution >= 4 is 5.97 Å². The monoisotopic (exact) mass is 230 g/mol. The lowest BCUT2D eigenvalue weighted by Crippen LogP contribution is -2.10. The van der Waals surface area contributed by atoms with Crippen LogP contribution in [0, 0.1) is 11.6 Å². The molecule has 0 fully saturated rings. The van der Waals surface area contributed by atoms with Crippen molar-refractivity contribution in [3.05, 3.63) is 29.3 Å². The summed E-state index contributed by atoms with van der Waals surface area (Å²) < 4.78 is 31.0. The summed E-state index contributed by atoms with van der Waals surface area (Å²) in [5.74, 6) is -4.13. The molecule has 0 spiro atoms. The zero-order chi connectivity index (χ0) is 12.3. The summed E-state index contributed by atoms with van der Waals surface area (Å²) in [7, 11) is 0. The minimum Gasteiger partial charge on any atom is -0.493 e. The van der Waals surface area contributed by atoms with E-state index in [2.05, 4.69) is 0 Å². The first-order valence-corrected chi connectivity index (χ1v) is 4.82. The molecule has 1 unspecified atom stereocenters. The van der Waals surface area contributed by atoms with Crippen LogP contribution in [0.3, 0.4) is 0 Å². The Labute approximate surface area is 91.7 Å².